The number of carbonyl (C=O) groups is 1. The van der Waals surface area contributed by atoms with Gasteiger partial charge in [0, 0.05) is 10.1 Å². The lowest BCUT2D eigenvalue weighted by atomic mass is 9.80. The molecule has 1 saturated carbocycles. The average molecular weight is 313 g/mol. The number of carbonyl (C=O) groups excluding carboxylic acids is 1. The minimum Gasteiger partial charge on any atom is -0.368 e. The van der Waals surface area contributed by atoms with Crippen LogP contribution in [0.1, 0.15) is 32.6 Å². The van der Waals surface area contributed by atoms with E-state index in [0.717, 1.165) is 42.1 Å². The van der Waals surface area contributed by atoms with Crippen molar-refractivity contribution in [2.45, 2.75) is 48.3 Å². The topological polar surface area (TPSA) is 55.1 Å². The summed E-state index contributed by atoms with van der Waals surface area (Å²) in [6, 6.07) is 7.85. The molecule has 3 nitrogen and oxygen atoms in total. The molecule has 0 spiro atoms. The minimum atomic E-state index is -0.550. The van der Waals surface area contributed by atoms with Crippen LogP contribution in [0.3, 0.4) is 0 Å². The Morgan fingerprint density at radius 3 is 2.95 bits per heavy atom. The van der Waals surface area contributed by atoms with E-state index in [2.05, 4.69) is 5.32 Å². The summed E-state index contributed by atoms with van der Waals surface area (Å²) in [5, 5.41) is 4.45. The Balaban J connectivity index is 2.10. The van der Waals surface area contributed by atoms with Crippen LogP contribution in [0, 0.1) is 0 Å². The van der Waals surface area contributed by atoms with Crippen molar-refractivity contribution in [2.24, 2.45) is 5.73 Å². The zero-order valence-electron chi connectivity index (χ0n) is 11.7. The molecule has 2 atom stereocenters. The fourth-order valence-electron chi connectivity index (χ4n) is 2.85. The Hall–Kier alpha value is -0.710. The van der Waals surface area contributed by atoms with E-state index < -0.39 is 5.54 Å². The number of likely N-dealkylation sites (N-methyl/N-ethyl adjacent to an activating group) is 1. The maximum Gasteiger partial charge on any atom is 0.237 e. The molecule has 5 heteroatoms. The number of primary amides is 1. The molecule has 20 heavy (non-hydrogen) atoms. The van der Waals surface area contributed by atoms with Gasteiger partial charge in [0.2, 0.25) is 5.91 Å². The Kier molecular flexibility index (Phi) is 5.35. The number of nitrogens with one attached hydrogen (secondary N) is 1. The number of amides is 1. The molecule has 0 radical (unpaired) electrons. The zero-order chi connectivity index (χ0) is 14.6. The fraction of sp³-hybridized carbons (Fsp3) is 0.533. The summed E-state index contributed by atoms with van der Waals surface area (Å²) < 4.78 is 0. The zero-order valence-corrected chi connectivity index (χ0v) is 13.3. The van der Waals surface area contributed by atoms with E-state index >= 15 is 0 Å². The maximum absolute atomic E-state index is 11.9. The van der Waals surface area contributed by atoms with Gasteiger partial charge >= 0.3 is 0 Å². The largest absolute Gasteiger partial charge is 0.368 e. The lowest BCUT2D eigenvalue weighted by molar-refractivity contribution is -0.125. The molecule has 0 aliphatic heterocycles. The van der Waals surface area contributed by atoms with E-state index in [1.807, 2.05) is 31.2 Å². The third-order valence-electron chi connectivity index (χ3n) is 3.82. The van der Waals surface area contributed by atoms with Gasteiger partial charge in [-0.3, -0.25) is 4.79 Å². The normalized spacial score (nSPS) is 26.4. The van der Waals surface area contributed by atoms with Crippen LogP contribution in [0.4, 0.5) is 0 Å². The van der Waals surface area contributed by atoms with Gasteiger partial charge in [0.25, 0.3) is 0 Å². The van der Waals surface area contributed by atoms with Crippen molar-refractivity contribution in [3.8, 4) is 0 Å². The molecule has 0 aromatic heterocycles. The number of halogens is 1. The summed E-state index contributed by atoms with van der Waals surface area (Å²) in [6.45, 7) is 2.77. The van der Waals surface area contributed by atoms with Gasteiger partial charge < -0.3 is 11.1 Å². The van der Waals surface area contributed by atoms with Gasteiger partial charge in [-0.25, -0.2) is 0 Å². The molecular formula is C15H21ClN2OS. The molecule has 0 saturated heterocycles. The van der Waals surface area contributed by atoms with Gasteiger partial charge in [-0.05, 0) is 44.4 Å². The molecule has 2 rings (SSSR count). The number of nitrogens with two attached hydrogens (primary N) is 1. The summed E-state index contributed by atoms with van der Waals surface area (Å²) in [5.41, 5.74) is 5.09. The van der Waals surface area contributed by atoms with Crippen LogP contribution in [0.15, 0.2) is 29.2 Å². The predicted molar refractivity (Wildman–Crippen MR) is 85.2 cm³/mol. The van der Waals surface area contributed by atoms with Gasteiger partial charge in [-0.15, -0.1) is 11.8 Å². The van der Waals surface area contributed by atoms with Crippen molar-refractivity contribution in [1.29, 1.82) is 0 Å². The lowest BCUT2D eigenvalue weighted by Crippen LogP contribution is -2.58. The molecule has 110 valence electrons. The molecule has 1 aliphatic rings. The van der Waals surface area contributed by atoms with Crippen LogP contribution >= 0.6 is 23.4 Å². The van der Waals surface area contributed by atoms with Gasteiger partial charge in [-0.1, -0.05) is 30.7 Å². The van der Waals surface area contributed by atoms with Crippen molar-refractivity contribution in [3.63, 3.8) is 0 Å². The van der Waals surface area contributed by atoms with Gasteiger partial charge in [0.15, 0.2) is 0 Å². The van der Waals surface area contributed by atoms with Crippen molar-refractivity contribution in [3.05, 3.63) is 29.3 Å². The molecule has 1 aromatic carbocycles. The van der Waals surface area contributed by atoms with Crippen LogP contribution in [-0.4, -0.2) is 23.2 Å². The standard InChI is InChI=1S/C15H21ClN2OS/c1-2-18-15(14(17)19)9-5-6-11(10-15)20-13-8-4-3-7-12(13)16/h3-4,7-8,11,18H,2,5-6,9-10H2,1H3,(H2,17,19). The van der Waals surface area contributed by atoms with E-state index in [4.69, 9.17) is 17.3 Å². The first-order valence-electron chi connectivity index (χ1n) is 7.03. The molecule has 1 aromatic rings. The Morgan fingerprint density at radius 1 is 1.55 bits per heavy atom. The molecular weight excluding hydrogens is 292 g/mol. The predicted octanol–water partition coefficient (Wildman–Crippen LogP) is 3.21. The monoisotopic (exact) mass is 312 g/mol. The van der Waals surface area contributed by atoms with Crippen LogP contribution < -0.4 is 11.1 Å². The molecule has 1 aliphatic carbocycles. The highest BCUT2D eigenvalue weighted by atomic mass is 35.5. The summed E-state index contributed by atoms with van der Waals surface area (Å²) in [6.07, 6.45) is 3.70. The van der Waals surface area contributed by atoms with Crippen LogP contribution in [0.5, 0.6) is 0 Å². The summed E-state index contributed by atoms with van der Waals surface area (Å²) in [4.78, 5) is 12.9. The second-order valence-corrected chi connectivity index (χ2v) is 6.99. The van der Waals surface area contributed by atoms with Gasteiger partial charge in [0.1, 0.15) is 0 Å². The van der Waals surface area contributed by atoms with E-state index in [1.165, 1.54) is 0 Å². The summed E-state index contributed by atoms with van der Waals surface area (Å²) >= 11 is 7.97. The van der Waals surface area contributed by atoms with Crippen LogP contribution in [0.25, 0.3) is 0 Å². The van der Waals surface area contributed by atoms with Gasteiger partial charge in [-0.2, -0.15) is 0 Å². The molecule has 0 bridgehead atoms. The molecule has 3 N–H and O–H groups in total. The minimum absolute atomic E-state index is 0.233. The highest BCUT2D eigenvalue weighted by Crippen LogP contribution is 2.40. The summed E-state index contributed by atoms with van der Waals surface area (Å²) in [7, 11) is 0. The molecule has 0 heterocycles. The number of hydrogen-bond acceptors (Lipinski definition) is 3. The third-order valence-corrected chi connectivity index (χ3v) is 5.61. The second kappa shape index (κ2) is 6.83. The number of hydrogen-bond donors (Lipinski definition) is 2. The smallest absolute Gasteiger partial charge is 0.237 e. The lowest BCUT2D eigenvalue weighted by Gasteiger charge is -2.39. The SMILES string of the molecule is CCNC1(C(N)=O)CCCC(Sc2ccccc2Cl)C1. The molecule has 1 amide bonds. The maximum atomic E-state index is 11.9. The van der Waals surface area contributed by atoms with Crippen LogP contribution in [-0.2, 0) is 4.79 Å². The Bertz CT molecular complexity index is 479. The van der Waals surface area contributed by atoms with E-state index in [9.17, 15) is 4.79 Å². The van der Waals surface area contributed by atoms with Gasteiger partial charge in [0.05, 0.1) is 10.6 Å². The van der Waals surface area contributed by atoms with Crippen molar-refractivity contribution in [1.82, 2.24) is 5.32 Å². The van der Waals surface area contributed by atoms with E-state index in [1.54, 1.807) is 11.8 Å². The first-order chi connectivity index (χ1) is 9.57. The second-order valence-electron chi connectivity index (χ2n) is 5.24. The number of rotatable bonds is 5. The van der Waals surface area contributed by atoms with Crippen molar-refractivity contribution in [2.75, 3.05) is 6.54 Å². The Labute approximate surface area is 129 Å². The quantitative estimate of drug-likeness (QED) is 0.878. The highest BCUT2D eigenvalue weighted by molar-refractivity contribution is 8.00. The fourth-order valence-corrected chi connectivity index (χ4v) is 4.47. The molecule has 1 fully saturated rings. The van der Waals surface area contributed by atoms with E-state index in [-0.39, 0.29) is 5.91 Å². The highest BCUT2D eigenvalue weighted by Gasteiger charge is 2.40. The summed E-state index contributed by atoms with van der Waals surface area (Å²) in [5.74, 6) is -0.233. The van der Waals surface area contributed by atoms with Crippen molar-refractivity contribution >= 4 is 29.3 Å². The molecule has 2 unspecified atom stereocenters. The third kappa shape index (κ3) is 3.48. The van der Waals surface area contributed by atoms with Crippen molar-refractivity contribution < 1.29 is 4.79 Å². The first-order valence-corrected chi connectivity index (χ1v) is 8.29. The number of thioether (sulfide) groups is 1. The first kappa shape index (κ1) is 15.7. The van der Waals surface area contributed by atoms with Crippen LogP contribution in [0.2, 0.25) is 5.02 Å². The average Bonchev–Trinajstić information content (AvgIpc) is 2.42. The van der Waals surface area contributed by atoms with E-state index in [0.29, 0.717) is 5.25 Å². The number of benzene rings is 1. The Morgan fingerprint density at radius 2 is 2.30 bits per heavy atom.